The summed E-state index contributed by atoms with van der Waals surface area (Å²) in [5, 5.41) is 14.9. The quantitative estimate of drug-likeness (QED) is 0.146. The number of rotatable bonds is 10. The van der Waals surface area contributed by atoms with E-state index in [9.17, 15) is 4.79 Å². The van der Waals surface area contributed by atoms with Crippen LogP contribution < -0.4 is 10.5 Å². The smallest absolute Gasteiger partial charge is 0.310 e. The van der Waals surface area contributed by atoms with Crippen LogP contribution in [0.1, 0.15) is 91.2 Å². The van der Waals surface area contributed by atoms with Crippen molar-refractivity contribution in [3.8, 4) is 16.9 Å². The van der Waals surface area contributed by atoms with E-state index in [4.69, 9.17) is 29.8 Å². The second kappa shape index (κ2) is 27.4. The van der Waals surface area contributed by atoms with E-state index in [0.717, 1.165) is 55.3 Å². The number of nitrogens with two attached hydrogens (primary N) is 1. The Morgan fingerprint density at radius 2 is 1.47 bits per heavy atom. The molecular formula is C39H60FNO6. The van der Waals surface area contributed by atoms with Gasteiger partial charge >= 0.3 is 5.97 Å². The van der Waals surface area contributed by atoms with E-state index in [-0.39, 0.29) is 31.4 Å². The number of esters is 1. The minimum absolute atomic E-state index is 0.113. The number of aryl methyl sites for hydroxylation is 1. The van der Waals surface area contributed by atoms with Gasteiger partial charge in [-0.05, 0) is 49.1 Å². The maximum absolute atomic E-state index is 15.3. The molecule has 0 aliphatic heterocycles. The minimum Gasteiger partial charge on any atom is -0.489 e. The van der Waals surface area contributed by atoms with E-state index in [1.54, 1.807) is 25.1 Å². The molecule has 0 spiro atoms. The highest BCUT2D eigenvalue weighted by atomic mass is 19.1. The molecule has 0 atom stereocenters. The first-order chi connectivity index (χ1) is 22.8. The van der Waals surface area contributed by atoms with Gasteiger partial charge in [-0.15, -0.1) is 0 Å². The molecule has 47 heavy (non-hydrogen) atoms. The van der Waals surface area contributed by atoms with E-state index < -0.39 is 0 Å². The Balaban J connectivity index is 0. The van der Waals surface area contributed by atoms with Gasteiger partial charge in [0.2, 0.25) is 0 Å². The molecule has 264 valence electrons. The molecule has 7 nitrogen and oxygen atoms in total. The first kappa shape index (κ1) is 45.4. The van der Waals surface area contributed by atoms with E-state index >= 15 is 4.39 Å². The van der Waals surface area contributed by atoms with Crippen molar-refractivity contribution in [2.24, 2.45) is 11.7 Å². The molecule has 0 bridgehead atoms. The van der Waals surface area contributed by atoms with Crippen LogP contribution in [-0.4, -0.2) is 37.0 Å². The van der Waals surface area contributed by atoms with Crippen LogP contribution in [0.2, 0.25) is 0 Å². The normalized spacial score (nSPS) is 9.53. The van der Waals surface area contributed by atoms with Gasteiger partial charge in [-0.2, -0.15) is 0 Å². The lowest BCUT2D eigenvalue weighted by Gasteiger charge is -2.13. The van der Waals surface area contributed by atoms with Crippen LogP contribution in [0, 0.1) is 11.7 Å². The van der Waals surface area contributed by atoms with Crippen molar-refractivity contribution in [2.45, 2.75) is 94.7 Å². The van der Waals surface area contributed by atoms with Crippen LogP contribution in [-0.2, 0) is 35.5 Å². The van der Waals surface area contributed by atoms with Crippen molar-refractivity contribution in [1.82, 2.24) is 0 Å². The van der Waals surface area contributed by atoms with Gasteiger partial charge in [-0.3, -0.25) is 4.79 Å². The van der Waals surface area contributed by atoms with Gasteiger partial charge in [0.15, 0.2) is 0 Å². The van der Waals surface area contributed by atoms with Gasteiger partial charge in [-0.25, -0.2) is 4.39 Å². The summed E-state index contributed by atoms with van der Waals surface area (Å²) >= 11 is 0. The lowest BCUT2D eigenvalue weighted by atomic mass is 9.98. The fourth-order valence-corrected chi connectivity index (χ4v) is 4.19. The molecule has 0 unspecified atom stereocenters. The summed E-state index contributed by atoms with van der Waals surface area (Å²) in [7, 11) is 2.00. The number of halogens is 1. The molecular weight excluding hydrogens is 597 g/mol. The SMILES string of the molecule is CC.CC.CC(C)C.CCCc1cc2cc(COc3ccccc3CC(=O)OCC)cc(-c3cccc(CN)c3F)c2o1.CO.CO. The molecule has 0 fully saturated rings. The highest BCUT2D eigenvalue weighted by molar-refractivity contribution is 5.94. The maximum atomic E-state index is 15.3. The summed E-state index contributed by atoms with van der Waals surface area (Å²) in [5.74, 6) is 1.65. The van der Waals surface area contributed by atoms with Crippen molar-refractivity contribution in [2.75, 3.05) is 20.8 Å². The summed E-state index contributed by atoms with van der Waals surface area (Å²) in [5.41, 5.74) is 9.56. The van der Waals surface area contributed by atoms with Crippen LogP contribution in [0.25, 0.3) is 22.1 Å². The molecule has 0 saturated carbocycles. The number of aliphatic hydroxyl groups excluding tert-OH is 2. The number of ether oxygens (including phenoxy) is 2. The minimum atomic E-state index is -0.345. The van der Waals surface area contributed by atoms with Crippen LogP contribution in [0.3, 0.4) is 0 Å². The molecule has 3 aromatic carbocycles. The molecule has 0 saturated heterocycles. The van der Waals surface area contributed by atoms with Crippen LogP contribution >= 0.6 is 0 Å². The lowest BCUT2D eigenvalue weighted by molar-refractivity contribution is -0.142. The van der Waals surface area contributed by atoms with E-state index in [1.165, 1.54) is 0 Å². The molecule has 0 radical (unpaired) electrons. The lowest BCUT2D eigenvalue weighted by Crippen LogP contribution is -2.09. The number of hydrogen-bond acceptors (Lipinski definition) is 7. The molecule has 4 rings (SSSR count). The van der Waals surface area contributed by atoms with Crippen molar-refractivity contribution in [3.63, 3.8) is 0 Å². The highest BCUT2D eigenvalue weighted by Crippen LogP contribution is 2.35. The predicted molar refractivity (Wildman–Crippen MR) is 194 cm³/mol. The van der Waals surface area contributed by atoms with Gasteiger partial charge in [0.05, 0.1) is 13.0 Å². The Morgan fingerprint density at radius 1 is 0.872 bits per heavy atom. The van der Waals surface area contributed by atoms with Crippen molar-refractivity contribution >= 4 is 16.9 Å². The third kappa shape index (κ3) is 15.6. The second-order valence-electron chi connectivity index (χ2n) is 10.1. The van der Waals surface area contributed by atoms with Gasteiger partial charge in [0, 0.05) is 54.8 Å². The Hall–Kier alpha value is -3.72. The number of hydrogen-bond donors (Lipinski definition) is 3. The summed E-state index contributed by atoms with van der Waals surface area (Å²) in [6.07, 6.45) is 1.87. The first-order valence-electron chi connectivity index (χ1n) is 16.6. The Morgan fingerprint density at radius 3 is 2.04 bits per heavy atom. The fraction of sp³-hybridized carbons (Fsp3) is 0.462. The first-order valence-corrected chi connectivity index (χ1v) is 16.6. The van der Waals surface area contributed by atoms with Crippen LogP contribution in [0.15, 0.2) is 65.1 Å². The van der Waals surface area contributed by atoms with Crippen molar-refractivity contribution in [1.29, 1.82) is 0 Å². The molecule has 4 N–H and O–H groups in total. The summed E-state index contributed by atoms with van der Waals surface area (Å²) in [6.45, 7) is 19.1. The van der Waals surface area contributed by atoms with Crippen molar-refractivity contribution < 1.29 is 33.3 Å². The van der Waals surface area contributed by atoms with Gasteiger partial charge < -0.3 is 29.8 Å². The van der Waals surface area contributed by atoms with Crippen LogP contribution in [0.4, 0.5) is 4.39 Å². The molecule has 8 heteroatoms. The third-order valence-electron chi connectivity index (χ3n) is 5.82. The number of carbonyl (C=O) groups excluding carboxylic acids is 1. The molecule has 4 aromatic rings. The number of aliphatic hydroxyl groups is 2. The largest absolute Gasteiger partial charge is 0.489 e. The predicted octanol–water partition coefficient (Wildman–Crippen LogP) is 9.27. The number of carbonyl (C=O) groups is 1. The second-order valence-corrected chi connectivity index (χ2v) is 10.1. The average Bonchev–Trinajstić information content (AvgIpc) is 3.50. The number of furan rings is 1. The number of fused-ring (bicyclic) bond motifs is 1. The number of benzene rings is 3. The summed E-state index contributed by atoms with van der Waals surface area (Å²) in [6, 6.07) is 18.5. The monoisotopic (exact) mass is 657 g/mol. The summed E-state index contributed by atoms with van der Waals surface area (Å²) in [4.78, 5) is 12.0. The molecule has 0 aliphatic rings. The Labute approximate surface area is 282 Å². The van der Waals surface area contributed by atoms with E-state index in [0.29, 0.717) is 34.6 Å². The molecule has 0 amide bonds. The van der Waals surface area contributed by atoms with E-state index in [2.05, 4.69) is 27.7 Å². The summed E-state index contributed by atoms with van der Waals surface area (Å²) < 4.78 is 32.6. The zero-order chi connectivity index (χ0) is 36.4. The Bertz CT molecular complexity index is 1380. The Kier molecular flexibility index (Phi) is 26.5. The standard InChI is InChI=1S/C29H30FNO4.C4H10.2C2H6.2CH4O/c1-3-8-23-15-22-13-19(18-34-26-12-6-5-9-20(26)16-27(32)33-4-2)14-25(29(22)35-23)24-11-7-10-21(17-31)28(24)30;1-4(2)3;4*1-2/h5-7,9-15H,3-4,8,16-18,31H2,1-2H3;4H,1-3H3;2*1-2H3;2*2H,1H3. The highest BCUT2D eigenvalue weighted by Gasteiger charge is 2.17. The van der Waals surface area contributed by atoms with Crippen molar-refractivity contribution in [3.05, 3.63) is 88.9 Å². The van der Waals surface area contributed by atoms with Gasteiger partial charge in [-0.1, -0.05) is 91.8 Å². The van der Waals surface area contributed by atoms with Gasteiger partial charge in [0.1, 0.15) is 29.5 Å². The molecule has 0 aliphatic carbocycles. The topological polar surface area (TPSA) is 115 Å². The average molecular weight is 658 g/mol. The maximum Gasteiger partial charge on any atom is 0.310 e. The molecule has 1 aromatic heterocycles. The zero-order valence-electron chi connectivity index (χ0n) is 30.6. The fourth-order valence-electron chi connectivity index (χ4n) is 4.19. The molecule has 1 heterocycles. The zero-order valence-corrected chi connectivity index (χ0v) is 30.6. The van der Waals surface area contributed by atoms with E-state index in [1.807, 2.05) is 70.2 Å². The van der Waals surface area contributed by atoms with Crippen LogP contribution in [0.5, 0.6) is 5.75 Å². The number of para-hydroxylation sites is 1. The third-order valence-corrected chi connectivity index (χ3v) is 5.82. The van der Waals surface area contributed by atoms with Gasteiger partial charge in [0.25, 0.3) is 0 Å².